The van der Waals surface area contributed by atoms with Crippen LogP contribution < -0.4 is 5.32 Å². The van der Waals surface area contributed by atoms with Gasteiger partial charge in [-0.25, -0.2) is 4.39 Å². The summed E-state index contributed by atoms with van der Waals surface area (Å²) in [6.45, 7) is 1.17. The van der Waals surface area contributed by atoms with Gasteiger partial charge in [0.2, 0.25) is 5.91 Å². The molecule has 0 saturated carbocycles. The fourth-order valence-electron chi connectivity index (χ4n) is 3.01. The SMILES string of the molecule is O=C(CCc1ccccc1F)N[C@@H]1COC[C@H]1Cc1ccncc1. The van der Waals surface area contributed by atoms with E-state index in [1.807, 2.05) is 12.1 Å². The number of nitrogens with zero attached hydrogens (tertiary/aromatic N) is 1. The zero-order chi connectivity index (χ0) is 16.8. The molecule has 1 aromatic heterocycles. The molecular formula is C19H21FN2O2. The van der Waals surface area contributed by atoms with E-state index in [1.165, 1.54) is 11.6 Å². The number of carbonyl (C=O) groups is 1. The molecule has 1 aliphatic rings. The van der Waals surface area contributed by atoms with Gasteiger partial charge in [0.15, 0.2) is 0 Å². The van der Waals surface area contributed by atoms with Crippen LogP contribution in [0.15, 0.2) is 48.8 Å². The molecule has 0 aliphatic carbocycles. The van der Waals surface area contributed by atoms with Crippen LogP contribution in [0.1, 0.15) is 17.5 Å². The van der Waals surface area contributed by atoms with Crippen LogP contribution >= 0.6 is 0 Å². The maximum Gasteiger partial charge on any atom is 0.220 e. The van der Waals surface area contributed by atoms with Crippen LogP contribution in [0.5, 0.6) is 0 Å². The van der Waals surface area contributed by atoms with Crippen molar-refractivity contribution < 1.29 is 13.9 Å². The third-order valence-corrected chi connectivity index (χ3v) is 4.37. The summed E-state index contributed by atoms with van der Waals surface area (Å²) in [7, 11) is 0. The molecule has 2 heterocycles. The lowest BCUT2D eigenvalue weighted by Crippen LogP contribution is -2.40. The predicted octanol–water partition coefficient (Wildman–Crippen LogP) is 2.53. The normalized spacial score (nSPS) is 20.0. The van der Waals surface area contributed by atoms with Crippen LogP contribution in [0.25, 0.3) is 0 Å². The topological polar surface area (TPSA) is 51.2 Å². The Morgan fingerprint density at radius 3 is 2.79 bits per heavy atom. The molecular weight excluding hydrogens is 307 g/mol. The minimum atomic E-state index is -0.259. The van der Waals surface area contributed by atoms with Crippen molar-refractivity contribution in [2.75, 3.05) is 13.2 Å². The molecule has 1 N–H and O–H groups in total. The highest BCUT2D eigenvalue weighted by Crippen LogP contribution is 2.19. The zero-order valence-corrected chi connectivity index (χ0v) is 13.5. The van der Waals surface area contributed by atoms with Gasteiger partial charge in [-0.1, -0.05) is 18.2 Å². The van der Waals surface area contributed by atoms with E-state index >= 15 is 0 Å². The minimum absolute atomic E-state index is 0.00582. The first-order valence-corrected chi connectivity index (χ1v) is 8.22. The smallest absolute Gasteiger partial charge is 0.220 e. The highest BCUT2D eigenvalue weighted by atomic mass is 19.1. The van der Waals surface area contributed by atoms with Crippen molar-refractivity contribution >= 4 is 5.91 Å². The van der Waals surface area contributed by atoms with Crippen molar-refractivity contribution in [1.82, 2.24) is 10.3 Å². The van der Waals surface area contributed by atoms with Crippen molar-refractivity contribution in [3.8, 4) is 0 Å². The fraction of sp³-hybridized carbons (Fsp3) is 0.368. The van der Waals surface area contributed by atoms with Gasteiger partial charge in [0.05, 0.1) is 19.3 Å². The lowest BCUT2D eigenvalue weighted by molar-refractivity contribution is -0.122. The van der Waals surface area contributed by atoms with Gasteiger partial charge in [-0.05, 0) is 42.2 Å². The molecule has 0 spiro atoms. The summed E-state index contributed by atoms with van der Waals surface area (Å²) in [5.74, 6) is -0.0663. The van der Waals surface area contributed by atoms with Crippen molar-refractivity contribution in [1.29, 1.82) is 0 Å². The maximum atomic E-state index is 13.6. The first kappa shape index (κ1) is 16.6. The van der Waals surface area contributed by atoms with E-state index in [4.69, 9.17) is 4.74 Å². The van der Waals surface area contributed by atoms with Gasteiger partial charge in [0.25, 0.3) is 0 Å². The summed E-state index contributed by atoms with van der Waals surface area (Å²) in [4.78, 5) is 16.2. The summed E-state index contributed by atoms with van der Waals surface area (Å²) in [6.07, 6.45) is 5.07. The molecule has 1 fully saturated rings. The van der Waals surface area contributed by atoms with Crippen molar-refractivity contribution in [2.24, 2.45) is 5.92 Å². The standard InChI is InChI=1S/C19H21FN2O2/c20-17-4-2-1-3-15(17)5-6-19(23)22-18-13-24-12-16(18)11-14-7-9-21-10-8-14/h1-4,7-10,16,18H,5-6,11-13H2,(H,22,23)/t16-,18-/m1/s1. The minimum Gasteiger partial charge on any atom is -0.379 e. The van der Waals surface area contributed by atoms with E-state index in [0.717, 1.165) is 6.42 Å². The van der Waals surface area contributed by atoms with Crippen LogP contribution in [0, 0.1) is 11.7 Å². The molecule has 4 nitrogen and oxygen atoms in total. The molecule has 126 valence electrons. The number of aromatic nitrogens is 1. The Morgan fingerprint density at radius 1 is 1.21 bits per heavy atom. The van der Waals surface area contributed by atoms with E-state index in [2.05, 4.69) is 10.3 Å². The number of halogens is 1. The molecule has 1 aromatic carbocycles. The van der Waals surface area contributed by atoms with Gasteiger partial charge < -0.3 is 10.1 Å². The number of hydrogen-bond donors (Lipinski definition) is 1. The van der Waals surface area contributed by atoms with Gasteiger partial charge in [-0.15, -0.1) is 0 Å². The Bertz CT molecular complexity index is 678. The van der Waals surface area contributed by atoms with Crippen LogP contribution in [0.3, 0.4) is 0 Å². The van der Waals surface area contributed by atoms with Crippen molar-refractivity contribution in [2.45, 2.75) is 25.3 Å². The molecule has 24 heavy (non-hydrogen) atoms. The predicted molar refractivity (Wildman–Crippen MR) is 88.9 cm³/mol. The van der Waals surface area contributed by atoms with Crippen molar-refractivity contribution in [3.05, 3.63) is 65.7 Å². The molecule has 2 aromatic rings. The quantitative estimate of drug-likeness (QED) is 0.886. The number of carbonyl (C=O) groups excluding carboxylic acids is 1. The van der Waals surface area contributed by atoms with Gasteiger partial charge in [0.1, 0.15) is 5.82 Å². The van der Waals surface area contributed by atoms with E-state index in [-0.39, 0.29) is 30.1 Å². The van der Waals surface area contributed by atoms with E-state index in [0.29, 0.717) is 25.2 Å². The molecule has 0 bridgehead atoms. The Hall–Kier alpha value is -2.27. The van der Waals surface area contributed by atoms with Crippen LogP contribution in [0.2, 0.25) is 0 Å². The average Bonchev–Trinajstić information content (AvgIpc) is 3.02. The molecule has 1 amide bonds. The molecule has 2 atom stereocenters. The third-order valence-electron chi connectivity index (χ3n) is 4.37. The summed E-state index contributed by atoms with van der Waals surface area (Å²) in [5, 5.41) is 3.04. The fourth-order valence-corrected chi connectivity index (χ4v) is 3.01. The molecule has 1 aliphatic heterocycles. The largest absolute Gasteiger partial charge is 0.379 e. The second-order valence-electron chi connectivity index (χ2n) is 6.12. The molecule has 0 unspecified atom stereocenters. The highest BCUT2D eigenvalue weighted by Gasteiger charge is 2.29. The number of aryl methyl sites for hydroxylation is 1. The van der Waals surface area contributed by atoms with Crippen LogP contribution in [0.4, 0.5) is 4.39 Å². The summed E-state index contributed by atoms with van der Waals surface area (Å²) in [5.41, 5.74) is 1.76. The number of benzene rings is 1. The van der Waals surface area contributed by atoms with Crippen LogP contribution in [-0.2, 0) is 22.4 Å². The molecule has 0 radical (unpaired) electrons. The van der Waals surface area contributed by atoms with E-state index < -0.39 is 0 Å². The lowest BCUT2D eigenvalue weighted by atomic mass is 9.95. The van der Waals surface area contributed by atoms with E-state index in [9.17, 15) is 9.18 Å². The van der Waals surface area contributed by atoms with Crippen molar-refractivity contribution in [3.63, 3.8) is 0 Å². The van der Waals surface area contributed by atoms with Gasteiger partial charge in [-0.3, -0.25) is 9.78 Å². The number of hydrogen-bond acceptors (Lipinski definition) is 3. The third kappa shape index (κ3) is 4.38. The number of amides is 1. The zero-order valence-electron chi connectivity index (χ0n) is 13.5. The second kappa shape index (κ2) is 8.02. The Balaban J connectivity index is 1.51. The number of nitrogens with one attached hydrogen (secondary N) is 1. The number of pyridine rings is 1. The lowest BCUT2D eigenvalue weighted by Gasteiger charge is -2.19. The molecule has 1 saturated heterocycles. The number of rotatable bonds is 6. The summed E-state index contributed by atoms with van der Waals surface area (Å²) >= 11 is 0. The van der Waals surface area contributed by atoms with Gasteiger partial charge in [-0.2, -0.15) is 0 Å². The van der Waals surface area contributed by atoms with Gasteiger partial charge in [0, 0.05) is 24.7 Å². The van der Waals surface area contributed by atoms with Gasteiger partial charge >= 0.3 is 0 Å². The first-order chi connectivity index (χ1) is 11.7. The summed E-state index contributed by atoms with van der Waals surface area (Å²) < 4.78 is 19.1. The first-order valence-electron chi connectivity index (χ1n) is 8.22. The maximum absolute atomic E-state index is 13.6. The molecule has 3 rings (SSSR count). The Labute approximate surface area is 141 Å². The molecule has 5 heteroatoms. The Morgan fingerprint density at radius 2 is 2.00 bits per heavy atom. The van der Waals surface area contributed by atoms with Crippen LogP contribution in [-0.4, -0.2) is 30.1 Å². The van der Waals surface area contributed by atoms with E-state index in [1.54, 1.807) is 30.6 Å². The second-order valence-corrected chi connectivity index (χ2v) is 6.12. The average molecular weight is 328 g/mol. The highest BCUT2D eigenvalue weighted by molar-refractivity contribution is 5.76. The Kier molecular flexibility index (Phi) is 5.54. The number of ether oxygens (including phenoxy) is 1. The monoisotopic (exact) mass is 328 g/mol. The summed E-state index contributed by atoms with van der Waals surface area (Å²) in [6, 6.07) is 10.5.